The lowest BCUT2D eigenvalue weighted by Crippen LogP contribution is -2.46. The number of hydrogen-bond donors (Lipinski definition) is 3. The van der Waals surface area contributed by atoms with Crippen molar-refractivity contribution in [1.29, 1.82) is 0 Å². The number of benzene rings is 2. The lowest BCUT2D eigenvalue weighted by atomic mass is 9.81. The normalized spacial score (nSPS) is 17.6. The van der Waals surface area contributed by atoms with Gasteiger partial charge in [-0.3, -0.25) is 19.0 Å². The van der Waals surface area contributed by atoms with Crippen LogP contribution in [0.4, 0.5) is 13.2 Å². The number of ether oxygens (including phenoxy) is 2. The predicted octanol–water partition coefficient (Wildman–Crippen LogP) is 11.2. The smallest absolute Gasteiger partial charge is 0.490 e. The fourth-order valence-electron chi connectivity index (χ4n) is 11.1. The van der Waals surface area contributed by atoms with E-state index in [4.69, 9.17) is 9.29 Å². The monoisotopic (exact) mass is 1060 g/mol. The zero-order chi connectivity index (χ0) is 53.1. The largest absolute Gasteiger partial charge is 0.573 e. The number of carbonyl (C=O) groups excluding carboxylic acids is 1. The number of amides is 1. The number of aryl methyl sites for hydroxylation is 2. The Balaban J connectivity index is 0.809. The number of quaternary nitrogens is 1. The second-order valence-electron chi connectivity index (χ2n) is 22.3. The molecule has 14 nitrogen and oxygen atoms in total. The molecule has 1 aromatic heterocycles. The number of rotatable bonds is 34. The standard InChI is InChI=1S/C56H85F3N6O8S/c1-42(55(67)68)54(45-23-24-45)46-25-22-43-26-28-50(72-52(43)39-46)44-30-33-63(34-31-44)40-47-38-49(27-29-51(47)73-56(57,58)59)64-41-48(61-62-64)20-17-15-13-11-9-7-5-4-6-8-10-12-14-16-18-21-53(66)60-32-36-65(2,3)35-19-37-74(69,70)71/h22,25,27,29,38-39,41-42,44-45,50,54H,4-21,23-24,26,28,30-37,40H2,1-3H3,(H2-,60,66,67,68,69,70,71)/p+1/t42-,50+,54-/m0/s1. The van der Waals surface area contributed by atoms with Crippen LogP contribution in [0.25, 0.3) is 5.69 Å². The number of nitrogens with one attached hydrogen (secondary N) is 1. The molecule has 74 heavy (non-hydrogen) atoms. The third-order valence-electron chi connectivity index (χ3n) is 15.7. The summed E-state index contributed by atoms with van der Waals surface area (Å²) in [5.41, 5.74) is 4.14. The molecule has 3 aliphatic rings. The maximum Gasteiger partial charge on any atom is 0.573 e. The lowest BCUT2D eigenvalue weighted by molar-refractivity contribution is -0.889. The first-order chi connectivity index (χ1) is 35.3. The first-order valence-electron chi connectivity index (χ1n) is 27.9. The van der Waals surface area contributed by atoms with E-state index in [0.29, 0.717) is 79.7 Å². The Morgan fingerprint density at radius 1 is 0.851 bits per heavy atom. The highest BCUT2D eigenvalue weighted by atomic mass is 32.2. The molecule has 18 heteroatoms. The van der Waals surface area contributed by atoms with E-state index in [0.717, 1.165) is 99.6 Å². The summed E-state index contributed by atoms with van der Waals surface area (Å²) in [6.45, 7) is 5.40. The minimum absolute atomic E-state index is 0.0239. The number of aliphatic carboxylic acids is 1. The van der Waals surface area contributed by atoms with Crippen molar-refractivity contribution in [2.45, 2.75) is 186 Å². The van der Waals surface area contributed by atoms with Gasteiger partial charge in [-0.2, -0.15) is 8.42 Å². The topological polar surface area (TPSA) is 173 Å². The number of unbranched alkanes of at least 4 members (excludes halogenated alkanes) is 14. The number of carbonyl (C=O) groups is 2. The molecule has 1 saturated heterocycles. The van der Waals surface area contributed by atoms with Crippen molar-refractivity contribution in [2.75, 3.05) is 52.6 Å². The first kappa shape index (κ1) is 59.0. The van der Waals surface area contributed by atoms with Gasteiger partial charge in [-0.05, 0) is 124 Å². The van der Waals surface area contributed by atoms with Gasteiger partial charge in [-0.15, -0.1) is 18.3 Å². The van der Waals surface area contributed by atoms with E-state index < -0.39 is 28.4 Å². The van der Waals surface area contributed by atoms with Gasteiger partial charge in [-0.1, -0.05) is 108 Å². The number of piperidine rings is 1. The van der Waals surface area contributed by atoms with Crippen molar-refractivity contribution in [3.63, 3.8) is 0 Å². The molecule has 6 rings (SSSR count). The molecule has 3 aromatic rings. The number of halogens is 3. The molecule has 3 heterocycles. The molecule has 414 valence electrons. The second kappa shape index (κ2) is 28.8. The molecule has 3 N–H and O–H groups in total. The minimum Gasteiger partial charge on any atom is -0.490 e. The summed E-state index contributed by atoms with van der Waals surface area (Å²) in [6, 6.07) is 11.0. The maximum atomic E-state index is 13.6. The van der Waals surface area contributed by atoms with E-state index in [1.807, 2.05) is 20.3 Å². The van der Waals surface area contributed by atoms with Crippen LogP contribution < -0.4 is 14.8 Å². The highest BCUT2D eigenvalue weighted by Gasteiger charge is 2.40. The van der Waals surface area contributed by atoms with Crippen molar-refractivity contribution >= 4 is 22.0 Å². The fraction of sp³-hybridized carbons (Fsp3) is 0.714. The third-order valence-corrected chi connectivity index (χ3v) is 16.5. The highest BCUT2D eigenvalue weighted by Crippen LogP contribution is 2.48. The van der Waals surface area contributed by atoms with Gasteiger partial charge in [0.1, 0.15) is 17.6 Å². The van der Waals surface area contributed by atoms with Crippen molar-refractivity contribution in [3.8, 4) is 17.2 Å². The Kier molecular flexibility index (Phi) is 22.9. The van der Waals surface area contributed by atoms with E-state index in [-0.39, 0.29) is 29.4 Å². The lowest BCUT2D eigenvalue weighted by Gasteiger charge is -2.38. The molecule has 1 amide bonds. The van der Waals surface area contributed by atoms with Gasteiger partial charge < -0.3 is 24.4 Å². The number of likely N-dealkylation sites (N-methyl/N-ethyl adjacent to an activating group) is 1. The van der Waals surface area contributed by atoms with Gasteiger partial charge in [0.25, 0.3) is 10.1 Å². The Labute approximate surface area is 438 Å². The molecule has 3 atom stereocenters. The number of alkyl halides is 3. The molecule has 0 spiro atoms. The van der Waals surface area contributed by atoms with Gasteiger partial charge in [0, 0.05) is 24.9 Å². The fourth-order valence-corrected chi connectivity index (χ4v) is 11.6. The van der Waals surface area contributed by atoms with Gasteiger partial charge in [-0.25, -0.2) is 4.68 Å². The molecule has 0 bridgehead atoms. The molecule has 1 aliphatic carbocycles. The van der Waals surface area contributed by atoms with Gasteiger partial charge in [0.15, 0.2) is 0 Å². The van der Waals surface area contributed by atoms with E-state index in [2.05, 4.69) is 43.5 Å². The zero-order valence-electron chi connectivity index (χ0n) is 44.5. The van der Waals surface area contributed by atoms with E-state index in [9.17, 15) is 36.3 Å². The Morgan fingerprint density at radius 3 is 2.09 bits per heavy atom. The van der Waals surface area contributed by atoms with Crippen molar-refractivity contribution in [2.24, 2.45) is 17.8 Å². The molecule has 1 saturated carbocycles. The summed E-state index contributed by atoms with van der Waals surface area (Å²) in [5, 5.41) is 21.5. The van der Waals surface area contributed by atoms with Crippen LogP contribution in [-0.4, -0.2) is 119 Å². The minimum atomic E-state index is -4.82. The predicted molar refractivity (Wildman–Crippen MR) is 281 cm³/mol. The van der Waals surface area contributed by atoms with Crippen LogP contribution in [0, 0.1) is 17.8 Å². The summed E-state index contributed by atoms with van der Waals surface area (Å²) in [5.74, 6) is -0.0736. The number of nitrogens with zero attached hydrogens (tertiary/aromatic N) is 5. The summed E-state index contributed by atoms with van der Waals surface area (Å²) in [7, 11) is 0.0371. The molecule has 2 fully saturated rings. The van der Waals surface area contributed by atoms with Crippen LogP contribution >= 0.6 is 0 Å². The number of carboxylic acid groups (broad SMARTS) is 1. The SMILES string of the molecule is C[C@H](C(=O)O)[C@H](c1ccc2c(c1)O[C@@H](C1CCN(Cc3cc(-n4cc(CCCCCCCCCCCCCCCCCC(=O)NCC[N+](C)(C)CCCS(=O)(=O)O)nn4)ccc3OC(F)(F)F)CC1)CC2)C1CC1. The molecule has 2 aromatic carbocycles. The maximum absolute atomic E-state index is 13.6. The Morgan fingerprint density at radius 2 is 1.49 bits per heavy atom. The van der Waals surface area contributed by atoms with Crippen LogP contribution in [0.5, 0.6) is 11.5 Å². The van der Waals surface area contributed by atoms with Crippen LogP contribution in [0.3, 0.4) is 0 Å². The van der Waals surface area contributed by atoms with Crippen molar-refractivity contribution in [1.82, 2.24) is 25.2 Å². The summed E-state index contributed by atoms with van der Waals surface area (Å²) in [6.07, 6.45) is 22.1. The number of aromatic nitrogens is 3. The van der Waals surface area contributed by atoms with Crippen LogP contribution in [0.15, 0.2) is 42.6 Å². The van der Waals surface area contributed by atoms with E-state index in [1.54, 1.807) is 23.7 Å². The first-order valence-corrected chi connectivity index (χ1v) is 29.5. The van der Waals surface area contributed by atoms with Crippen molar-refractivity contribution < 1.29 is 54.8 Å². The van der Waals surface area contributed by atoms with Crippen LogP contribution in [0.1, 0.15) is 176 Å². The molecule has 2 aliphatic heterocycles. The van der Waals surface area contributed by atoms with Gasteiger partial charge in [0.2, 0.25) is 5.91 Å². The Hall–Kier alpha value is -4.26. The summed E-state index contributed by atoms with van der Waals surface area (Å²) in [4.78, 5) is 26.3. The molecule has 0 radical (unpaired) electrons. The van der Waals surface area contributed by atoms with Gasteiger partial charge >= 0.3 is 12.3 Å². The average Bonchev–Trinajstić information content (AvgIpc) is 4.07. The zero-order valence-corrected chi connectivity index (χ0v) is 45.3. The van der Waals surface area contributed by atoms with Crippen molar-refractivity contribution in [3.05, 3.63) is 65.0 Å². The number of hydrogen-bond acceptors (Lipinski definition) is 9. The number of carboxylic acids is 1. The third kappa shape index (κ3) is 20.7. The van der Waals surface area contributed by atoms with E-state index >= 15 is 0 Å². The molecular formula is C56H86F3N6O8S+. The van der Waals surface area contributed by atoms with Crippen LogP contribution in [0.2, 0.25) is 0 Å². The number of likely N-dealkylation sites (tertiary alicyclic amines) is 1. The Bertz CT molecular complexity index is 2320. The second-order valence-corrected chi connectivity index (χ2v) is 23.9. The van der Waals surface area contributed by atoms with Crippen LogP contribution in [-0.2, 0) is 39.1 Å². The highest BCUT2D eigenvalue weighted by molar-refractivity contribution is 7.85. The molecular weight excluding hydrogens is 974 g/mol. The molecule has 0 unspecified atom stereocenters. The van der Waals surface area contributed by atoms with E-state index in [1.165, 1.54) is 70.3 Å². The summed E-state index contributed by atoms with van der Waals surface area (Å²) < 4.78 is 84.9. The van der Waals surface area contributed by atoms with Gasteiger partial charge in [0.05, 0.1) is 63.0 Å². The summed E-state index contributed by atoms with van der Waals surface area (Å²) >= 11 is 0. The quantitative estimate of drug-likeness (QED) is 0.0295. The number of fused-ring (bicyclic) bond motifs is 1. The average molecular weight is 1060 g/mol.